The number of hydrogen-bond donors (Lipinski definition) is 2. The Morgan fingerprint density at radius 2 is 2.22 bits per heavy atom. The van der Waals surface area contributed by atoms with Gasteiger partial charge >= 0.3 is 0 Å². The Balaban J connectivity index is 1.83. The van der Waals surface area contributed by atoms with Crippen LogP contribution in [0.3, 0.4) is 0 Å². The number of rotatable bonds is 7. The van der Waals surface area contributed by atoms with Gasteiger partial charge in [0.05, 0.1) is 5.75 Å². The summed E-state index contributed by atoms with van der Waals surface area (Å²) < 4.78 is 25.7. The van der Waals surface area contributed by atoms with Crippen molar-refractivity contribution in [2.24, 2.45) is 0 Å². The van der Waals surface area contributed by atoms with Crippen LogP contribution < -0.4 is 10.0 Å². The molecule has 2 N–H and O–H groups in total. The second-order valence-corrected chi connectivity index (χ2v) is 8.03. The van der Waals surface area contributed by atoms with Crippen LogP contribution in [-0.2, 0) is 14.8 Å². The van der Waals surface area contributed by atoms with Crippen molar-refractivity contribution in [3.8, 4) is 0 Å². The van der Waals surface area contributed by atoms with Gasteiger partial charge in [-0.3, -0.25) is 9.69 Å². The van der Waals surface area contributed by atoms with Crippen LogP contribution in [-0.4, -0.2) is 51.2 Å². The average molecular weight is 360 g/mol. The third-order valence-electron chi connectivity index (χ3n) is 3.96. The number of nitrogens with one attached hydrogen (secondary N) is 2. The summed E-state index contributed by atoms with van der Waals surface area (Å²) >= 11 is 5.88. The van der Waals surface area contributed by atoms with Crippen molar-refractivity contribution in [1.82, 2.24) is 9.62 Å². The third kappa shape index (κ3) is 5.76. The number of carbonyl (C=O) groups is 1. The molecule has 1 heterocycles. The van der Waals surface area contributed by atoms with E-state index in [1.165, 1.54) is 7.05 Å². The number of anilines is 1. The lowest BCUT2D eigenvalue weighted by molar-refractivity contribution is -0.116. The monoisotopic (exact) mass is 359 g/mol. The SMILES string of the molecule is CNS(=O)(=O)C[C@@H]1CCCN1CCC(=O)Nc1cccc(Cl)c1. The quantitative estimate of drug-likeness (QED) is 0.776. The summed E-state index contributed by atoms with van der Waals surface area (Å²) in [6, 6.07) is 6.97. The fourth-order valence-electron chi connectivity index (χ4n) is 2.75. The molecule has 1 saturated heterocycles. The number of amides is 1. The summed E-state index contributed by atoms with van der Waals surface area (Å²) in [5, 5.41) is 3.37. The maximum Gasteiger partial charge on any atom is 0.225 e. The fraction of sp³-hybridized carbons (Fsp3) is 0.533. The van der Waals surface area contributed by atoms with Crippen molar-refractivity contribution in [3.05, 3.63) is 29.3 Å². The van der Waals surface area contributed by atoms with E-state index in [0.717, 1.165) is 19.4 Å². The van der Waals surface area contributed by atoms with E-state index in [0.29, 0.717) is 23.7 Å². The summed E-state index contributed by atoms with van der Waals surface area (Å²) in [6.07, 6.45) is 2.12. The molecule has 1 aliphatic rings. The number of sulfonamides is 1. The number of nitrogens with zero attached hydrogens (tertiary/aromatic N) is 1. The van der Waals surface area contributed by atoms with E-state index in [-0.39, 0.29) is 17.7 Å². The van der Waals surface area contributed by atoms with Gasteiger partial charge in [-0.05, 0) is 44.6 Å². The van der Waals surface area contributed by atoms with E-state index in [2.05, 4.69) is 14.9 Å². The van der Waals surface area contributed by atoms with Crippen molar-refractivity contribution in [1.29, 1.82) is 0 Å². The maximum absolute atomic E-state index is 12.0. The van der Waals surface area contributed by atoms with E-state index in [4.69, 9.17) is 11.6 Å². The molecule has 1 fully saturated rings. The normalized spacial score (nSPS) is 19.0. The van der Waals surface area contributed by atoms with Gasteiger partial charge in [0.1, 0.15) is 0 Å². The largest absolute Gasteiger partial charge is 0.326 e. The van der Waals surface area contributed by atoms with Gasteiger partial charge in [0, 0.05) is 29.7 Å². The van der Waals surface area contributed by atoms with Crippen molar-refractivity contribution in [2.45, 2.75) is 25.3 Å². The minimum absolute atomic E-state index is 0.0218. The molecule has 0 radical (unpaired) electrons. The van der Waals surface area contributed by atoms with Crippen LogP contribution in [0.15, 0.2) is 24.3 Å². The smallest absolute Gasteiger partial charge is 0.225 e. The van der Waals surface area contributed by atoms with Crippen LogP contribution in [0.2, 0.25) is 5.02 Å². The molecule has 0 unspecified atom stereocenters. The summed E-state index contributed by atoms with van der Waals surface area (Å²) in [7, 11) is -1.81. The van der Waals surface area contributed by atoms with Gasteiger partial charge in [0.25, 0.3) is 0 Å². The predicted octanol–water partition coefficient (Wildman–Crippen LogP) is 1.68. The van der Waals surface area contributed by atoms with Gasteiger partial charge in [0.2, 0.25) is 15.9 Å². The molecule has 1 aromatic carbocycles. The molecule has 0 aliphatic carbocycles. The van der Waals surface area contributed by atoms with E-state index in [1.54, 1.807) is 24.3 Å². The molecule has 0 bridgehead atoms. The van der Waals surface area contributed by atoms with Gasteiger partial charge < -0.3 is 5.32 Å². The van der Waals surface area contributed by atoms with Gasteiger partial charge in [0.15, 0.2) is 0 Å². The van der Waals surface area contributed by atoms with Gasteiger partial charge in [-0.1, -0.05) is 17.7 Å². The van der Waals surface area contributed by atoms with Crippen LogP contribution in [0.1, 0.15) is 19.3 Å². The number of halogens is 1. The van der Waals surface area contributed by atoms with E-state index < -0.39 is 10.0 Å². The molecule has 23 heavy (non-hydrogen) atoms. The first-order chi connectivity index (χ1) is 10.9. The van der Waals surface area contributed by atoms with Crippen LogP contribution in [0.5, 0.6) is 0 Å². The van der Waals surface area contributed by atoms with Crippen molar-refractivity contribution < 1.29 is 13.2 Å². The standard InChI is InChI=1S/C15H22ClN3O3S/c1-17-23(21,22)11-14-6-3-8-19(14)9-7-15(20)18-13-5-2-4-12(16)10-13/h2,4-5,10,14,17H,3,6-9,11H2,1H3,(H,18,20)/t14-/m0/s1. The first kappa shape index (κ1) is 18.2. The highest BCUT2D eigenvalue weighted by atomic mass is 35.5. The third-order valence-corrected chi connectivity index (χ3v) is 5.64. The van der Waals surface area contributed by atoms with E-state index >= 15 is 0 Å². The summed E-state index contributed by atoms with van der Waals surface area (Å²) in [6.45, 7) is 1.38. The molecule has 8 heteroatoms. The van der Waals surface area contributed by atoms with Crippen molar-refractivity contribution >= 4 is 33.2 Å². The Labute approximate surface area is 142 Å². The predicted molar refractivity (Wildman–Crippen MR) is 92.1 cm³/mol. The molecular formula is C15H22ClN3O3S. The molecule has 1 aliphatic heterocycles. The Kier molecular flexibility index (Phi) is 6.41. The molecule has 1 aromatic rings. The molecule has 0 aromatic heterocycles. The number of likely N-dealkylation sites (tertiary alicyclic amines) is 1. The molecular weight excluding hydrogens is 338 g/mol. The Morgan fingerprint density at radius 3 is 2.91 bits per heavy atom. The molecule has 2 rings (SSSR count). The molecule has 0 spiro atoms. The zero-order valence-electron chi connectivity index (χ0n) is 13.1. The van der Waals surface area contributed by atoms with Crippen LogP contribution in [0.4, 0.5) is 5.69 Å². The number of hydrogen-bond acceptors (Lipinski definition) is 4. The van der Waals surface area contributed by atoms with Crippen molar-refractivity contribution in [2.75, 3.05) is 31.2 Å². The highest BCUT2D eigenvalue weighted by molar-refractivity contribution is 7.89. The van der Waals surface area contributed by atoms with Crippen LogP contribution >= 0.6 is 11.6 Å². The molecule has 6 nitrogen and oxygen atoms in total. The van der Waals surface area contributed by atoms with Crippen LogP contribution in [0, 0.1) is 0 Å². The second kappa shape index (κ2) is 8.10. The van der Waals surface area contributed by atoms with E-state index in [9.17, 15) is 13.2 Å². The Bertz CT molecular complexity index is 651. The minimum atomic E-state index is -3.23. The molecule has 1 atom stereocenters. The first-order valence-corrected chi connectivity index (χ1v) is 9.63. The van der Waals surface area contributed by atoms with Crippen molar-refractivity contribution in [3.63, 3.8) is 0 Å². The first-order valence-electron chi connectivity index (χ1n) is 7.60. The fourth-order valence-corrected chi connectivity index (χ4v) is 3.99. The highest BCUT2D eigenvalue weighted by Gasteiger charge is 2.28. The molecule has 128 valence electrons. The maximum atomic E-state index is 12.0. The topological polar surface area (TPSA) is 78.5 Å². The molecule has 0 saturated carbocycles. The van der Waals surface area contributed by atoms with Gasteiger partial charge in [-0.2, -0.15) is 0 Å². The highest BCUT2D eigenvalue weighted by Crippen LogP contribution is 2.19. The summed E-state index contributed by atoms with van der Waals surface area (Å²) in [5.41, 5.74) is 0.665. The summed E-state index contributed by atoms with van der Waals surface area (Å²) in [5.74, 6) is -0.0197. The minimum Gasteiger partial charge on any atom is -0.326 e. The zero-order valence-corrected chi connectivity index (χ0v) is 14.7. The average Bonchev–Trinajstić information content (AvgIpc) is 2.91. The lowest BCUT2D eigenvalue weighted by atomic mass is 10.2. The van der Waals surface area contributed by atoms with Gasteiger partial charge in [-0.25, -0.2) is 13.1 Å². The second-order valence-electron chi connectivity index (χ2n) is 5.63. The number of carbonyl (C=O) groups excluding carboxylic acids is 1. The number of benzene rings is 1. The van der Waals surface area contributed by atoms with Gasteiger partial charge in [-0.15, -0.1) is 0 Å². The Morgan fingerprint density at radius 1 is 1.43 bits per heavy atom. The zero-order chi connectivity index (χ0) is 16.9. The molecule has 1 amide bonds. The lowest BCUT2D eigenvalue weighted by Gasteiger charge is -2.23. The van der Waals surface area contributed by atoms with E-state index in [1.807, 2.05) is 0 Å². The summed E-state index contributed by atoms with van der Waals surface area (Å²) in [4.78, 5) is 14.1. The Hall–Kier alpha value is -1.15. The lowest BCUT2D eigenvalue weighted by Crippen LogP contribution is -2.39. The van der Waals surface area contributed by atoms with Crippen LogP contribution in [0.25, 0.3) is 0 Å².